The fraction of sp³-hybridized carbons (Fsp3) is 0.400. The van der Waals surface area contributed by atoms with E-state index >= 15 is 0 Å². The summed E-state index contributed by atoms with van der Waals surface area (Å²) in [6.45, 7) is 9.68. The Labute approximate surface area is 177 Å². The number of anilines is 1. The number of carbonyl (C=O) groups is 1. The Morgan fingerprint density at radius 2 is 1.87 bits per heavy atom. The third-order valence-electron chi connectivity index (χ3n) is 6.35. The number of benzene rings is 2. The highest BCUT2D eigenvalue weighted by Gasteiger charge is 2.36. The van der Waals surface area contributed by atoms with Crippen LogP contribution in [0.1, 0.15) is 53.7 Å². The Kier molecular flexibility index (Phi) is 4.78. The van der Waals surface area contributed by atoms with Gasteiger partial charge in [0.25, 0.3) is 0 Å². The maximum atomic E-state index is 13.1. The van der Waals surface area contributed by atoms with Gasteiger partial charge < -0.3 is 14.4 Å². The average Bonchev–Trinajstić information content (AvgIpc) is 3.57. The third-order valence-corrected chi connectivity index (χ3v) is 6.35. The van der Waals surface area contributed by atoms with Crippen molar-refractivity contribution in [3.8, 4) is 11.5 Å². The van der Waals surface area contributed by atoms with Crippen LogP contribution in [0.5, 0.6) is 11.5 Å². The largest absolute Gasteiger partial charge is 0.477 e. The molecule has 2 aromatic rings. The first-order chi connectivity index (χ1) is 14.6. The van der Waals surface area contributed by atoms with E-state index in [1.54, 1.807) is 0 Å². The van der Waals surface area contributed by atoms with E-state index in [-0.39, 0.29) is 5.78 Å². The van der Waals surface area contributed by atoms with E-state index in [1.165, 1.54) is 18.5 Å². The molecule has 0 aromatic heterocycles. The van der Waals surface area contributed by atoms with Gasteiger partial charge in [-0.3, -0.25) is 9.69 Å². The third kappa shape index (κ3) is 3.27. The van der Waals surface area contributed by atoms with Crippen molar-refractivity contribution >= 4 is 17.5 Å². The number of ketones is 1. The van der Waals surface area contributed by atoms with E-state index in [0.717, 1.165) is 42.1 Å². The van der Waals surface area contributed by atoms with Crippen molar-refractivity contribution in [2.75, 3.05) is 24.7 Å². The number of nitrogens with zero attached hydrogens (tertiary/aromatic N) is 2. The molecule has 5 rings (SSSR count). The van der Waals surface area contributed by atoms with Crippen LogP contribution in [0.4, 0.5) is 5.69 Å². The summed E-state index contributed by atoms with van der Waals surface area (Å²) >= 11 is 0. The van der Waals surface area contributed by atoms with Crippen LogP contribution < -0.4 is 14.4 Å². The number of allylic oxidation sites excluding steroid dienone is 1. The number of hydrogen-bond donors (Lipinski definition) is 0. The summed E-state index contributed by atoms with van der Waals surface area (Å²) < 4.78 is 12.1. The monoisotopic (exact) mass is 404 g/mol. The van der Waals surface area contributed by atoms with Gasteiger partial charge in [-0.2, -0.15) is 0 Å². The van der Waals surface area contributed by atoms with Gasteiger partial charge in [-0.15, -0.1) is 0 Å². The zero-order chi connectivity index (χ0) is 20.8. The van der Waals surface area contributed by atoms with Crippen molar-refractivity contribution in [3.63, 3.8) is 0 Å². The molecule has 1 saturated carbocycles. The van der Waals surface area contributed by atoms with Crippen LogP contribution in [0, 0.1) is 6.92 Å². The second kappa shape index (κ2) is 7.47. The molecule has 0 unspecified atom stereocenters. The predicted octanol–water partition coefficient (Wildman–Crippen LogP) is 4.77. The molecule has 5 heteroatoms. The van der Waals surface area contributed by atoms with Crippen molar-refractivity contribution in [1.29, 1.82) is 0 Å². The standard InChI is InChI=1S/C25H28N2O3/c1-4-26(5-2)19-8-6-17(7-9-19)12-22-23(28)21-13-18-14-27(20-10-11-20)15-29-24(18)16(3)25(21)30-22/h6-9,12-13,20H,4-5,10-11,14-15H2,1-3H3/b22-12-. The zero-order valence-electron chi connectivity index (χ0n) is 17.9. The normalized spacial score (nSPS) is 19.3. The summed E-state index contributed by atoms with van der Waals surface area (Å²) in [4.78, 5) is 17.7. The van der Waals surface area contributed by atoms with Crippen molar-refractivity contribution in [3.05, 3.63) is 58.3 Å². The smallest absolute Gasteiger partial charge is 0.231 e. The first kappa shape index (κ1) is 19.2. The summed E-state index contributed by atoms with van der Waals surface area (Å²) in [5.41, 5.74) is 4.81. The number of ether oxygens (including phenoxy) is 2. The molecule has 156 valence electrons. The van der Waals surface area contributed by atoms with E-state index in [2.05, 4.69) is 35.8 Å². The Morgan fingerprint density at radius 3 is 2.53 bits per heavy atom. The molecule has 0 atom stereocenters. The molecule has 1 fully saturated rings. The molecule has 5 nitrogen and oxygen atoms in total. The summed E-state index contributed by atoms with van der Waals surface area (Å²) in [5, 5.41) is 0. The van der Waals surface area contributed by atoms with Gasteiger partial charge in [0.15, 0.2) is 5.76 Å². The van der Waals surface area contributed by atoms with Gasteiger partial charge in [0.1, 0.15) is 18.2 Å². The molecule has 0 amide bonds. The molecule has 30 heavy (non-hydrogen) atoms. The van der Waals surface area contributed by atoms with Gasteiger partial charge in [0.05, 0.1) is 5.56 Å². The Bertz CT molecular complexity index is 1020. The summed E-state index contributed by atoms with van der Waals surface area (Å²) in [6, 6.07) is 10.9. The fourth-order valence-corrected chi connectivity index (χ4v) is 4.46. The van der Waals surface area contributed by atoms with Gasteiger partial charge in [0, 0.05) is 42.5 Å². The summed E-state index contributed by atoms with van der Waals surface area (Å²) in [5.74, 6) is 1.85. The summed E-state index contributed by atoms with van der Waals surface area (Å²) in [6.07, 6.45) is 4.32. The average molecular weight is 405 g/mol. The Hall–Kier alpha value is -2.79. The molecule has 0 bridgehead atoms. The molecule has 3 aliphatic rings. The van der Waals surface area contributed by atoms with Gasteiger partial charge in [-0.1, -0.05) is 12.1 Å². The second-order valence-corrected chi connectivity index (χ2v) is 8.32. The first-order valence-corrected chi connectivity index (χ1v) is 10.9. The first-order valence-electron chi connectivity index (χ1n) is 10.9. The molecule has 2 heterocycles. The van der Waals surface area contributed by atoms with Crippen LogP contribution in [0.3, 0.4) is 0 Å². The quantitative estimate of drug-likeness (QED) is 0.672. The van der Waals surface area contributed by atoms with Crippen LogP contribution >= 0.6 is 0 Å². The molecule has 2 aromatic carbocycles. The van der Waals surface area contributed by atoms with Gasteiger partial charge in [-0.25, -0.2) is 0 Å². The molecule has 0 saturated heterocycles. The maximum Gasteiger partial charge on any atom is 0.231 e. The van der Waals surface area contributed by atoms with Gasteiger partial charge in [-0.05, 0) is 63.5 Å². The zero-order valence-corrected chi connectivity index (χ0v) is 17.9. The number of fused-ring (bicyclic) bond motifs is 2. The van der Waals surface area contributed by atoms with Crippen LogP contribution in [0.2, 0.25) is 0 Å². The van der Waals surface area contributed by atoms with E-state index in [9.17, 15) is 4.79 Å². The SMILES string of the molecule is CCN(CC)c1ccc(/C=C2\Oc3c(cc4c(c3C)OCN(C3CC3)C4)C2=O)cc1. The Balaban J connectivity index is 1.42. The molecular formula is C25H28N2O3. The van der Waals surface area contributed by atoms with Crippen molar-refractivity contribution in [1.82, 2.24) is 4.90 Å². The van der Waals surface area contributed by atoms with Gasteiger partial charge >= 0.3 is 0 Å². The minimum Gasteiger partial charge on any atom is -0.477 e. The highest BCUT2D eigenvalue weighted by atomic mass is 16.5. The molecule has 2 aliphatic heterocycles. The molecule has 0 spiro atoms. The van der Waals surface area contributed by atoms with E-state index in [0.29, 0.717) is 29.8 Å². The van der Waals surface area contributed by atoms with Crippen LogP contribution in [0.25, 0.3) is 6.08 Å². The molecule has 1 aliphatic carbocycles. The van der Waals surface area contributed by atoms with E-state index in [4.69, 9.17) is 9.47 Å². The van der Waals surface area contributed by atoms with E-state index in [1.807, 2.05) is 31.2 Å². The Morgan fingerprint density at radius 1 is 1.13 bits per heavy atom. The van der Waals surface area contributed by atoms with Gasteiger partial charge in [0.2, 0.25) is 5.78 Å². The lowest BCUT2D eigenvalue weighted by molar-refractivity contribution is 0.0872. The van der Waals surface area contributed by atoms with Crippen LogP contribution in [-0.2, 0) is 6.54 Å². The number of carbonyl (C=O) groups excluding carboxylic acids is 1. The number of Topliss-reactive ketones (excluding diaryl/α,β-unsaturated/α-hetero) is 1. The second-order valence-electron chi connectivity index (χ2n) is 8.32. The summed E-state index contributed by atoms with van der Waals surface area (Å²) in [7, 11) is 0. The lowest BCUT2D eigenvalue weighted by atomic mass is 10.00. The number of hydrogen-bond acceptors (Lipinski definition) is 5. The topological polar surface area (TPSA) is 42.0 Å². The minimum atomic E-state index is -0.0488. The highest BCUT2D eigenvalue weighted by molar-refractivity contribution is 6.15. The van der Waals surface area contributed by atoms with Crippen LogP contribution in [0.15, 0.2) is 36.1 Å². The van der Waals surface area contributed by atoms with Crippen LogP contribution in [-0.4, -0.2) is 36.5 Å². The lowest BCUT2D eigenvalue weighted by Crippen LogP contribution is -2.34. The molecule has 0 N–H and O–H groups in total. The lowest BCUT2D eigenvalue weighted by Gasteiger charge is -2.30. The predicted molar refractivity (Wildman–Crippen MR) is 118 cm³/mol. The van der Waals surface area contributed by atoms with Crippen molar-refractivity contribution < 1.29 is 14.3 Å². The minimum absolute atomic E-state index is 0.0488. The van der Waals surface area contributed by atoms with E-state index < -0.39 is 0 Å². The molecular weight excluding hydrogens is 376 g/mol. The number of rotatable bonds is 5. The fourth-order valence-electron chi connectivity index (χ4n) is 4.46. The maximum absolute atomic E-state index is 13.1. The molecule has 0 radical (unpaired) electrons. The highest BCUT2D eigenvalue weighted by Crippen LogP contribution is 2.44. The van der Waals surface area contributed by atoms with Crippen molar-refractivity contribution in [2.45, 2.75) is 46.2 Å². The van der Waals surface area contributed by atoms with Crippen molar-refractivity contribution in [2.24, 2.45) is 0 Å².